The summed E-state index contributed by atoms with van der Waals surface area (Å²) < 4.78 is 0. The monoisotopic (exact) mass is 420 g/mol. The summed E-state index contributed by atoms with van der Waals surface area (Å²) in [5, 5.41) is 0. The Morgan fingerprint density at radius 2 is 1.39 bits per heavy atom. The molecule has 0 N–H and O–H groups in total. The number of hydrogen-bond donors (Lipinski definition) is 0. The van der Waals surface area contributed by atoms with Gasteiger partial charge in [0.25, 0.3) is 0 Å². The number of aryl methyl sites for hydroxylation is 3. The van der Waals surface area contributed by atoms with Crippen LogP contribution in [0.25, 0.3) is 22.3 Å². The molecule has 3 rings (SSSR count). The van der Waals surface area contributed by atoms with Gasteiger partial charge in [0.05, 0.1) is 14.2 Å². The molecule has 0 radical (unpaired) electrons. The fourth-order valence-corrected chi connectivity index (χ4v) is 4.17. The lowest BCUT2D eigenvalue weighted by atomic mass is 9.84. The fraction of sp³-hybridized carbons (Fsp3) is 0.333. The first kappa shape index (κ1) is 22.9. The van der Waals surface area contributed by atoms with E-state index in [0.29, 0.717) is 11.5 Å². The highest BCUT2D eigenvalue weighted by atomic mass is 17.2. The first-order chi connectivity index (χ1) is 14.9. The van der Waals surface area contributed by atoms with E-state index in [4.69, 9.17) is 19.6 Å². The molecule has 0 amide bonds. The van der Waals surface area contributed by atoms with Crippen molar-refractivity contribution in [1.29, 1.82) is 0 Å². The van der Waals surface area contributed by atoms with Gasteiger partial charge in [0.15, 0.2) is 11.5 Å². The summed E-state index contributed by atoms with van der Waals surface area (Å²) in [6, 6.07) is 14.7. The van der Waals surface area contributed by atoms with Crippen molar-refractivity contribution in [3.8, 4) is 33.8 Å². The lowest BCUT2D eigenvalue weighted by molar-refractivity contribution is -0.185. The normalized spacial score (nSPS) is 10.9. The number of benzene rings is 3. The molecule has 0 saturated heterocycles. The summed E-state index contributed by atoms with van der Waals surface area (Å²) in [7, 11) is 3.05. The fourth-order valence-electron chi connectivity index (χ4n) is 4.17. The third-order valence-electron chi connectivity index (χ3n) is 5.81. The Morgan fingerprint density at radius 1 is 0.710 bits per heavy atom. The van der Waals surface area contributed by atoms with Crippen molar-refractivity contribution in [1.82, 2.24) is 0 Å². The highest BCUT2D eigenvalue weighted by molar-refractivity contribution is 5.93. The summed E-state index contributed by atoms with van der Waals surface area (Å²) in [5.74, 6) is 1.32. The zero-order valence-corrected chi connectivity index (χ0v) is 19.6. The predicted molar refractivity (Wildman–Crippen MR) is 126 cm³/mol. The van der Waals surface area contributed by atoms with E-state index in [2.05, 4.69) is 71.0 Å². The van der Waals surface area contributed by atoms with Crippen molar-refractivity contribution in [3.63, 3.8) is 0 Å². The van der Waals surface area contributed by atoms with E-state index >= 15 is 0 Å². The molecule has 0 aliphatic heterocycles. The van der Waals surface area contributed by atoms with Crippen LogP contribution >= 0.6 is 0 Å². The lowest BCUT2D eigenvalue weighted by Gasteiger charge is -2.24. The topological polar surface area (TPSA) is 36.9 Å². The third-order valence-corrected chi connectivity index (χ3v) is 5.81. The zero-order chi connectivity index (χ0) is 22.5. The molecule has 0 atom stereocenters. The maximum Gasteiger partial charge on any atom is 0.180 e. The van der Waals surface area contributed by atoms with Crippen LogP contribution in [0.1, 0.15) is 41.2 Å². The van der Waals surface area contributed by atoms with Crippen LogP contribution in [-0.2, 0) is 16.2 Å². The third kappa shape index (κ3) is 4.46. The van der Waals surface area contributed by atoms with Crippen molar-refractivity contribution >= 4 is 0 Å². The average Bonchev–Trinajstić information content (AvgIpc) is 2.75. The Labute approximate surface area is 185 Å². The maximum atomic E-state index is 5.88. The second-order valence-corrected chi connectivity index (χ2v) is 7.87. The van der Waals surface area contributed by atoms with Crippen molar-refractivity contribution < 1.29 is 19.6 Å². The molecule has 0 saturated carbocycles. The van der Waals surface area contributed by atoms with Crippen LogP contribution in [0.4, 0.5) is 0 Å². The largest absolute Gasteiger partial charge is 0.337 e. The average molecular weight is 421 g/mol. The van der Waals surface area contributed by atoms with Gasteiger partial charge in [0, 0.05) is 11.1 Å². The first-order valence-electron chi connectivity index (χ1n) is 10.7. The van der Waals surface area contributed by atoms with Gasteiger partial charge in [-0.25, -0.2) is 0 Å². The molecule has 4 nitrogen and oxygen atoms in total. The molecule has 0 bridgehead atoms. The van der Waals surface area contributed by atoms with Crippen LogP contribution in [0.2, 0.25) is 0 Å². The van der Waals surface area contributed by atoms with Gasteiger partial charge in [-0.1, -0.05) is 49.7 Å². The molecule has 3 aromatic rings. The highest BCUT2D eigenvalue weighted by Crippen LogP contribution is 2.49. The second kappa shape index (κ2) is 9.99. The molecule has 31 heavy (non-hydrogen) atoms. The molecule has 0 spiro atoms. The standard InChI is InChI=1S/C27H32O4/c1-8-11-22-24(30-28-6)16-23(21-13-10-9-12-18(21)3)26(27(22)31-29-7)25-19(4)15-14-17(2)20(25)5/h9-10,12-16H,8,11H2,1-7H3. The molecule has 0 heterocycles. The van der Waals surface area contributed by atoms with Crippen LogP contribution in [0.3, 0.4) is 0 Å². The van der Waals surface area contributed by atoms with Crippen LogP contribution in [0, 0.1) is 27.7 Å². The Kier molecular flexibility index (Phi) is 7.37. The molecule has 3 aromatic carbocycles. The van der Waals surface area contributed by atoms with Gasteiger partial charge < -0.3 is 9.78 Å². The summed E-state index contributed by atoms with van der Waals surface area (Å²) in [5.41, 5.74) is 10.0. The SMILES string of the molecule is CCCc1c(OOC)cc(-c2ccccc2C)c(-c2c(C)ccc(C)c2C)c1OOC. The summed E-state index contributed by atoms with van der Waals surface area (Å²) in [6.45, 7) is 10.7. The van der Waals surface area contributed by atoms with Crippen molar-refractivity contribution in [2.45, 2.75) is 47.5 Å². The van der Waals surface area contributed by atoms with E-state index in [9.17, 15) is 0 Å². The molecule has 0 aliphatic rings. The molecule has 0 fully saturated rings. The van der Waals surface area contributed by atoms with Gasteiger partial charge in [-0.15, -0.1) is 0 Å². The van der Waals surface area contributed by atoms with E-state index in [1.54, 1.807) is 0 Å². The van der Waals surface area contributed by atoms with E-state index in [1.807, 2.05) is 6.07 Å². The predicted octanol–water partition coefficient (Wildman–Crippen LogP) is 7.09. The lowest BCUT2D eigenvalue weighted by Crippen LogP contribution is -2.06. The zero-order valence-electron chi connectivity index (χ0n) is 19.6. The van der Waals surface area contributed by atoms with E-state index < -0.39 is 0 Å². The second-order valence-electron chi connectivity index (χ2n) is 7.87. The van der Waals surface area contributed by atoms with Crippen LogP contribution in [0.15, 0.2) is 42.5 Å². The first-order valence-corrected chi connectivity index (χ1v) is 10.7. The Hall–Kier alpha value is -2.82. The van der Waals surface area contributed by atoms with Crippen LogP contribution in [-0.4, -0.2) is 14.2 Å². The Bertz CT molecular complexity index is 1070. The van der Waals surface area contributed by atoms with Crippen LogP contribution < -0.4 is 9.78 Å². The number of rotatable bonds is 8. The molecular weight excluding hydrogens is 388 g/mol. The summed E-state index contributed by atoms with van der Waals surface area (Å²) in [6.07, 6.45) is 1.69. The van der Waals surface area contributed by atoms with Gasteiger partial charge in [-0.2, -0.15) is 9.78 Å². The van der Waals surface area contributed by atoms with E-state index in [1.165, 1.54) is 36.5 Å². The quantitative estimate of drug-likeness (QED) is 0.288. The molecule has 0 aliphatic carbocycles. The molecule has 164 valence electrons. The smallest absolute Gasteiger partial charge is 0.180 e. The Balaban J connectivity index is 2.53. The van der Waals surface area contributed by atoms with Gasteiger partial charge in [0.1, 0.15) is 0 Å². The van der Waals surface area contributed by atoms with Gasteiger partial charge in [-0.3, -0.25) is 0 Å². The summed E-state index contributed by atoms with van der Waals surface area (Å²) >= 11 is 0. The maximum absolute atomic E-state index is 5.88. The van der Waals surface area contributed by atoms with Crippen molar-refractivity contribution in [2.75, 3.05) is 14.2 Å². The molecule has 0 aromatic heterocycles. The van der Waals surface area contributed by atoms with Gasteiger partial charge >= 0.3 is 0 Å². The van der Waals surface area contributed by atoms with Gasteiger partial charge in [-0.05, 0) is 79.1 Å². The summed E-state index contributed by atoms with van der Waals surface area (Å²) in [4.78, 5) is 21.8. The van der Waals surface area contributed by atoms with Gasteiger partial charge in [0.2, 0.25) is 0 Å². The Morgan fingerprint density at radius 3 is 2.03 bits per heavy atom. The molecular formula is C27H32O4. The molecule has 0 unspecified atom stereocenters. The number of hydrogen-bond acceptors (Lipinski definition) is 4. The van der Waals surface area contributed by atoms with Crippen molar-refractivity contribution in [2.24, 2.45) is 0 Å². The van der Waals surface area contributed by atoms with Crippen molar-refractivity contribution in [3.05, 3.63) is 70.3 Å². The minimum Gasteiger partial charge on any atom is -0.337 e. The van der Waals surface area contributed by atoms with Crippen LogP contribution in [0.5, 0.6) is 11.5 Å². The molecule has 4 heteroatoms. The van der Waals surface area contributed by atoms with E-state index in [0.717, 1.165) is 40.7 Å². The highest BCUT2D eigenvalue weighted by Gasteiger charge is 2.26. The minimum atomic E-state index is 0.640. The minimum absolute atomic E-state index is 0.640. The van der Waals surface area contributed by atoms with E-state index in [-0.39, 0.29) is 0 Å².